The zero-order valence-corrected chi connectivity index (χ0v) is 16.0. The van der Waals surface area contributed by atoms with E-state index in [4.69, 9.17) is 9.15 Å². The van der Waals surface area contributed by atoms with Gasteiger partial charge >= 0.3 is 6.03 Å². The molecule has 2 amide bonds. The molecule has 0 saturated carbocycles. The number of hydrogen-bond acceptors (Lipinski definition) is 6. The van der Waals surface area contributed by atoms with Gasteiger partial charge in [0, 0.05) is 32.4 Å². The van der Waals surface area contributed by atoms with Crippen LogP contribution in [0.2, 0.25) is 0 Å². The minimum atomic E-state index is -0.190. The maximum absolute atomic E-state index is 12.7. The summed E-state index contributed by atoms with van der Waals surface area (Å²) in [5, 5.41) is 2.86. The maximum Gasteiger partial charge on any atom is 0.323 e. The van der Waals surface area contributed by atoms with Crippen molar-refractivity contribution >= 4 is 29.0 Å². The van der Waals surface area contributed by atoms with Crippen molar-refractivity contribution in [3.05, 3.63) is 42.6 Å². The van der Waals surface area contributed by atoms with Gasteiger partial charge in [-0.15, -0.1) is 0 Å². The van der Waals surface area contributed by atoms with Crippen LogP contribution in [0.3, 0.4) is 0 Å². The number of fused-ring (bicyclic) bond motifs is 1. The summed E-state index contributed by atoms with van der Waals surface area (Å²) in [6, 6.07) is 11.7. The summed E-state index contributed by atoms with van der Waals surface area (Å²) >= 11 is 0. The van der Waals surface area contributed by atoms with Crippen molar-refractivity contribution in [1.82, 2.24) is 14.9 Å². The van der Waals surface area contributed by atoms with Crippen LogP contribution in [-0.4, -0.2) is 53.2 Å². The van der Waals surface area contributed by atoms with Crippen LogP contribution >= 0.6 is 0 Å². The highest BCUT2D eigenvalue weighted by molar-refractivity contribution is 5.90. The Morgan fingerprint density at radius 2 is 1.93 bits per heavy atom. The number of para-hydroxylation sites is 2. The molecule has 0 aliphatic carbocycles. The lowest BCUT2D eigenvalue weighted by Crippen LogP contribution is -2.50. The first-order valence-electron chi connectivity index (χ1n) is 9.38. The largest absolute Gasteiger partial charge is 0.487 e. The standard InChI is InChI=1S/C20H23N5O3/c1-14(2)27-17-8-5-9-21-18(17)23-19(26)24-10-12-25(13-11-24)20-22-15-6-3-4-7-16(15)28-20/h3-9,14H,10-13H2,1-2H3,(H,21,23,26). The number of rotatable bonds is 4. The van der Waals surface area contributed by atoms with E-state index in [0.29, 0.717) is 43.8 Å². The highest BCUT2D eigenvalue weighted by Gasteiger charge is 2.25. The Kier molecular flexibility index (Phi) is 5.01. The Balaban J connectivity index is 1.38. The number of hydrogen-bond donors (Lipinski definition) is 1. The third-order valence-corrected chi connectivity index (χ3v) is 4.48. The number of nitrogens with zero attached hydrogens (tertiary/aromatic N) is 4. The number of carbonyl (C=O) groups is 1. The predicted molar refractivity (Wildman–Crippen MR) is 107 cm³/mol. The third kappa shape index (κ3) is 3.85. The van der Waals surface area contributed by atoms with E-state index >= 15 is 0 Å². The molecule has 1 aromatic carbocycles. The van der Waals surface area contributed by atoms with E-state index in [9.17, 15) is 4.79 Å². The number of nitrogens with one attached hydrogen (secondary N) is 1. The minimum Gasteiger partial charge on any atom is -0.487 e. The Bertz CT molecular complexity index is 930. The van der Waals surface area contributed by atoms with Gasteiger partial charge in [0.15, 0.2) is 17.2 Å². The number of anilines is 2. The quantitative estimate of drug-likeness (QED) is 0.746. The molecule has 1 saturated heterocycles. The second kappa shape index (κ2) is 7.75. The number of pyridine rings is 1. The van der Waals surface area contributed by atoms with Crippen molar-refractivity contribution in [3.8, 4) is 5.75 Å². The molecular weight excluding hydrogens is 358 g/mol. The second-order valence-corrected chi connectivity index (χ2v) is 6.89. The van der Waals surface area contributed by atoms with E-state index in [1.54, 1.807) is 23.2 Å². The summed E-state index contributed by atoms with van der Waals surface area (Å²) < 4.78 is 11.5. The van der Waals surface area contributed by atoms with Crippen LogP contribution in [0, 0.1) is 0 Å². The molecule has 3 aromatic rings. The van der Waals surface area contributed by atoms with Gasteiger partial charge in [-0.3, -0.25) is 5.32 Å². The van der Waals surface area contributed by atoms with Crippen LogP contribution in [0.5, 0.6) is 5.75 Å². The molecule has 1 fully saturated rings. The summed E-state index contributed by atoms with van der Waals surface area (Å²) in [5.41, 5.74) is 1.61. The lowest BCUT2D eigenvalue weighted by molar-refractivity contribution is 0.206. The number of ether oxygens (including phenoxy) is 1. The van der Waals surface area contributed by atoms with Crippen LogP contribution in [0.15, 0.2) is 47.0 Å². The normalized spacial score (nSPS) is 14.5. The van der Waals surface area contributed by atoms with Crippen molar-refractivity contribution < 1.29 is 13.9 Å². The van der Waals surface area contributed by atoms with E-state index in [0.717, 1.165) is 11.1 Å². The van der Waals surface area contributed by atoms with Gasteiger partial charge in [-0.05, 0) is 38.1 Å². The molecule has 8 nitrogen and oxygen atoms in total. The van der Waals surface area contributed by atoms with Crippen LogP contribution in [0.25, 0.3) is 11.1 Å². The molecule has 1 aliphatic rings. The van der Waals surface area contributed by atoms with Gasteiger partial charge < -0.3 is 19.0 Å². The molecule has 2 aromatic heterocycles. The fourth-order valence-corrected chi connectivity index (χ4v) is 3.11. The summed E-state index contributed by atoms with van der Waals surface area (Å²) in [4.78, 5) is 25.2. The molecule has 0 spiro atoms. The predicted octanol–water partition coefficient (Wildman–Crippen LogP) is 3.36. The van der Waals surface area contributed by atoms with Crippen LogP contribution in [-0.2, 0) is 0 Å². The molecule has 8 heteroatoms. The number of oxazole rings is 1. The lowest BCUT2D eigenvalue weighted by atomic mass is 10.3. The Morgan fingerprint density at radius 3 is 2.68 bits per heavy atom. The maximum atomic E-state index is 12.7. The molecule has 1 N–H and O–H groups in total. The summed E-state index contributed by atoms with van der Waals surface area (Å²) in [7, 11) is 0. The molecule has 146 valence electrons. The minimum absolute atomic E-state index is 0.000272. The van der Waals surface area contributed by atoms with Gasteiger partial charge in [0.25, 0.3) is 6.01 Å². The monoisotopic (exact) mass is 381 g/mol. The fraction of sp³-hybridized carbons (Fsp3) is 0.350. The van der Waals surface area contributed by atoms with Gasteiger partial charge in [0.2, 0.25) is 0 Å². The number of amides is 2. The first-order valence-corrected chi connectivity index (χ1v) is 9.38. The van der Waals surface area contributed by atoms with Gasteiger partial charge in [-0.25, -0.2) is 9.78 Å². The molecule has 28 heavy (non-hydrogen) atoms. The average molecular weight is 381 g/mol. The molecular formula is C20H23N5O3. The van der Waals surface area contributed by atoms with Crippen molar-refractivity contribution in [2.24, 2.45) is 0 Å². The van der Waals surface area contributed by atoms with Crippen LogP contribution in [0.4, 0.5) is 16.6 Å². The highest BCUT2D eigenvalue weighted by atomic mass is 16.5. The fourth-order valence-electron chi connectivity index (χ4n) is 3.11. The van der Waals surface area contributed by atoms with E-state index in [2.05, 4.69) is 20.2 Å². The molecule has 4 rings (SSSR count). The SMILES string of the molecule is CC(C)Oc1cccnc1NC(=O)N1CCN(c2nc3ccccc3o2)CC1. The second-order valence-electron chi connectivity index (χ2n) is 6.89. The van der Waals surface area contributed by atoms with Gasteiger partial charge in [0.1, 0.15) is 5.52 Å². The Morgan fingerprint density at radius 1 is 1.14 bits per heavy atom. The van der Waals surface area contributed by atoms with Crippen molar-refractivity contribution in [3.63, 3.8) is 0 Å². The van der Waals surface area contributed by atoms with Gasteiger partial charge in [-0.2, -0.15) is 4.98 Å². The summed E-state index contributed by atoms with van der Waals surface area (Å²) in [5.74, 6) is 0.999. The number of aromatic nitrogens is 2. The first kappa shape index (κ1) is 18.1. The third-order valence-electron chi connectivity index (χ3n) is 4.48. The number of piperazine rings is 1. The summed E-state index contributed by atoms with van der Waals surface area (Å²) in [6.45, 7) is 6.30. The molecule has 3 heterocycles. The van der Waals surface area contributed by atoms with Crippen molar-refractivity contribution in [2.75, 3.05) is 36.4 Å². The molecule has 0 atom stereocenters. The Labute approximate surface area is 163 Å². The van der Waals surface area contributed by atoms with E-state index in [-0.39, 0.29) is 12.1 Å². The molecule has 0 bridgehead atoms. The van der Waals surface area contributed by atoms with Crippen molar-refractivity contribution in [2.45, 2.75) is 20.0 Å². The number of benzene rings is 1. The van der Waals surface area contributed by atoms with Gasteiger partial charge in [0.05, 0.1) is 6.10 Å². The number of urea groups is 1. The molecule has 0 unspecified atom stereocenters. The van der Waals surface area contributed by atoms with Crippen LogP contribution in [0.1, 0.15) is 13.8 Å². The Hall–Kier alpha value is -3.29. The zero-order chi connectivity index (χ0) is 19.5. The smallest absolute Gasteiger partial charge is 0.323 e. The number of carbonyl (C=O) groups excluding carboxylic acids is 1. The van der Waals surface area contributed by atoms with Crippen LogP contribution < -0.4 is 15.0 Å². The van der Waals surface area contributed by atoms with E-state index in [1.165, 1.54) is 0 Å². The van der Waals surface area contributed by atoms with Crippen molar-refractivity contribution in [1.29, 1.82) is 0 Å². The first-order chi connectivity index (χ1) is 13.6. The zero-order valence-electron chi connectivity index (χ0n) is 16.0. The van der Waals surface area contributed by atoms with E-state index in [1.807, 2.05) is 38.1 Å². The topological polar surface area (TPSA) is 83.7 Å². The highest BCUT2D eigenvalue weighted by Crippen LogP contribution is 2.24. The average Bonchev–Trinajstić information content (AvgIpc) is 3.13. The molecule has 1 aliphatic heterocycles. The summed E-state index contributed by atoms with van der Waals surface area (Å²) in [6.07, 6.45) is 1.63. The van der Waals surface area contributed by atoms with E-state index < -0.39 is 0 Å². The lowest BCUT2D eigenvalue weighted by Gasteiger charge is -2.33. The molecule has 0 radical (unpaired) electrons. The van der Waals surface area contributed by atoms with Gasteiger partial charge in [-0.1, -0.05) is 12.1 Å².